The Morgan fingerprint density at radius 2 is 2.18 bits per heavy atom. The van der Waals surface area contributed by atoms with E-state index >= 15 is 0 Å². The van der Waals surface area contributed by atoms with Gasteiger partial charge in [-0.15, -0.1) is 4.91 Å². The molecule has 0 saturated carbocycles. The number of hydrogen-bond donors (Lipinski definition) is 3. The Morgan fingerprint density at radius 1 is 1.55 bits per heavy atom. The number of nitroso groups, excluding NO2 is 1. The van der Waals surface area contributed by atoms with E-state index in [1.54, 1.807) is 0 Å². The lowest BCUT2D eigenvalue weighted by molar-refractivity contribution is 0.423. The average Bonchev–Trinajstić information content (AvgIpc) is 1.85. The molecule has 1 heterocycles. The molecular weight excluding hydrogens is 170 g/mol. The van der Waals surface area contributed by atoms with E-state index in [4.69, 9.17) is 10.2 Å². The molecule has 0 unspecified atom stereocenters. The number of aromatic nitrogens is 2. The first-order valence-electron chi connectivity index (χ1n) is 2.50. The number of aromatic hydroxyl groups is 2. The molecule has 0 fully saturated rings. The van der Waals surface area contributed by atoms with Crippen molar-refractivity contribution in [1.82, 2.24) is 9.97 Å². The molecule has 1 aromatic heterocycles. The van der Waals surface area contributed by atoms with Crippen LogP contribution in [0.3, 0.4) is 0 Å². The highest BCUT2D eigenvalue weighted by molar-refractivity contribution is 7.71. The molecule has 0 amide bonds. The maximum Gasteiger partial charge on any atom is 0.249 e. The van der Waals surface area contributed by atoms with Crippen LogP contribution in [0.25, 0.3) is 0 Å². The topological polar surface area (TPSA) is 98.6 Å². The zero-order valence-electron chi connectivity index (χ0n) is 5.11. The largest absolute Gasteiger partial charge is 0.493 e. The molecule has 0 aliphatic heterocycles. The molecule has 1 rings (SSSR count). The Hall–Kier alpha value is -1.50. The summed E-state index contributed by atoms with van der Waals surface area (Å²) in [6.07, 6.45) is 0. The summed E-state index contributed by atoms with van der Waals surface area (Å²) in [6, 6.07) is 0. The number of H-pyrrole nitrogens is 1. The zero-order chi connectivity index (χ0) is 8.43. The van der Waals surface area contributed by atoms with Gasteiger partial charge in [0.15, 0.2) is 0 Å². The molecule has 0 bridgehead atoms. The van der Waals surface area contributed by atoms with Crippen molar-refractivity contribution in [3.05, 3.63) is 9.68 Å². The van der Waals surface area contributed by atoms with Crippen LogP contribution in [0.2, 0.25) is 0 Å². The minimum Gasteiger partial charge on any atom is -0.493 e. The fraction of sp³-hybridized carbons (Fsp3) is 0. The molecular formula is C4H3N3O3S. The van der Waals surface area contributed by atoms with Crippen LogP contribution in [-0.2, 0) is 0 Å². The quantitative estimate of drug-likeness (QED) is 0.433. The summed E-state index contributed by atoms with van der Waals surface area (Å²) in [5.41, 5.74) is -0.543. The number of nitrogens with one attached hydrogen (secondary N) is 1. The van der Waals surface area contributed by atoms with Gasteiger partial charge in [-0.25, -0.2) is 0 Å². The third kappa shape index (κ3) is 1.32. The predicted octanol–water partition coefficient (Wildman–Crippen LogP) is 0.948. The summed E-state index contributed by atoms with van der Waals surface area (Å²) in [6.45, 7) is 0. The maximum atomic E-state index is 9.90. The predicted molar refractivity (Wildman–Crippen MR) is 38.2 cm³/mol. The van der Waals surface area contributed by atoms with Gasteiger partial charge >= 0.3 is 0 Å². The second-order valence-corrected chi connectivity index (χ2v) is 2.04. The van der Waals surface area contributed by atoms with E-state index in [0.717, 1.165) is 0 Å². The molecule has 0 radical (unpaired) electrons. The lowest BCUT2D eigenvalue weighted by atomic mass is 10.5. The lowest BCUT2D eigenvalue weighted by Gasteiger charge is -1.95. The molecule has 7 heteroatoms. The second kappa shape index (κ2) is 2.62. The van der Waals surface area contributed by atoms with Gasteiger partial charge in [-0.1, -0.05) is 0 Å². The smallest absolute Gasteiger partial charge is 0.249 e. The molecule has 58 valence electrons. The third-order valence-electron chi connectivity index (χ3n) is 0.960. The summed E-state index contributed by atoms with van der Waals surface area (Å²) in [5, 5.41) is 20.0. The van der Waals surface area contributed by atoms with Gasteiger partial charge in [-0.05, 0) is 17.4 Å². The van der Waals surface area contributed by atoms with Gasteiger partial charge in [0.05, 0.1) is 0 Å². The van der Waals surface area contributed by atoms with E-state index < -0.39 is 17.4 Å². The molecule has 0 spiro atoms. The fourth-order valence-electron chi connectivity index (χ4n) is 0.528. The Kier molecular flexibility index (Phi) is 1.81. The second-order valence-electron chi connectivity index (χ2n) is 1.65. The van der Waals surface area contributed by atoms with Crippen LogP contribution in [0.15, 0.2) is 5.18 Å². The van der Waals surface area contributed by atoms with Crippen molar-refractivity contribution >= 4 is 17.9 Å². The van der Waals surface area contributed by atoms with Gasteiger partial charge in [0, 0.05) is 0 Å². The van der Waals surface area contributed by atoms with E-state index in [2.05, 4.69) is 27.4 Å². The molecule has 0 aromatic carbocycles. The van der Waals surface area contributed by atoms with Gasteiger partial charge < -0.3 is 10.2 Å². The normalized spacial score (nSPS) is 9.45. The first-order chi connectivity index (χ1) is 5.15. The van der Waals surface area contributed by atoms with Crippen molar-refractivity contribution in [2.45, 2.75) is 0 Å². The maximum absolute atomic E-state index is 9.90. The molecule has 0 aliphatic rings. The van der Waals surface area contributed by atoms with Crippen molar-refractivity contribution in [1.29, 1.82) is 0 Å². The molecule has 1 aromatic rings. The van der Waals surface area contributed by atoms with Crippen LogP contribution in [0.5, 0.6) is 11.8 Å². The van der Waals surface area contributed by atoms with Crippen molar-refractivity contribution in [2.75, 3.05) is 0 Å². The Morgan fingerprint density at radius 3 is 2.64 bits per heavy atom. The number of rotatable bonds is 1. The van der Waals surface area contributed by atoms with Crippen molar-refractivity contribution in [2.24, 2.45) is 5.18 Å². The lowest BCUT2D eigenvalue weighted by Crippen LogP contribution is -1.82. The van der Waals surface area contributed by atoms with Gasteiger partial charge in [0.2, 0.25) is 22.2 Å². The third-order valence-corrected chi connectivity index (χ3v) is 1.15. The summed E-state index contributed by atoms with van der Waals surface area (Å²) >= 11 is 4.46. The summed E-state index contributed by atoms with van der Waals surface area (Å²) in [4.78, 5) is 15.3. The van der Waals surface area contributed by atoms with E-state index in [0.29, 0.717) is 0 Å². The van der Waals surface area contributed by atoms with Gasteiger partial charge in [-0.2, -0.15) is 4.98 Å². The van der Waals surface area contributed by atoms with E-state index in [1.807, 2.05) is 0 Å². The van der Waals surface area contributed by atoms with Crippen molar-refractivity contribution in [3.63, 3.8) is 0 Å². The fourth-order valence-corrected chi connectivity index (χ4v) is 0.711. The van der Waals surface area contributed by atoms with Gasteiger partial charge in [-0.3, -0.25) is 4.98 Å². The van der Waals surface area contributed by atoms with Crippen molar-refractivity contribution < 1.29 is 10.2 Å². The Bertz CT molecular complexity index is 321. The summed E-state index contributed by atoms with van der Waals surface area (Å²) in [7, 11) is 0. The van der Waals surface area contributed by atoms with Crippen molar-refractivity contribution in [3.8, 4) is 11.8 Å². The molecule has 0 saturated heterocycles. The van der Waals surface area contributed by atoms with Gasteiger partial charge in [0.25, 0.3) is 0 Å². The van der Waals surface area contributed by atoms with Gasteiger partial charge in [0.1, 0.15) is 0 Å². The first kappa shape index (κ1) is 7.61. The minimum atomic E-state index is -0.679. The highest BCUT2D eigenvalue weighted by atomic mass is 32.1. The van der Waals surface area contributed by atoms with Crippen LogP contribution >= 0.6 is 12.2 Å². The number of aromatic amines is 1. The Labute approximate surface area is 65.5 Å². The van der Waals surface area contributed by atoms with E-state index in [-0.39, 0.29) is 4.77 Å². The van der Waals surface area contributed by atoms with E-state index in [9.17, 15) is 4.91 Å². The van der Waals surface area contributed by atoms with Crippen LogP contribution in [0.1, 0.15) is 0 Å². The summed E-state index contributed by atoms with van der Waals surface area (Å²) < 4.78 is -0.118. The first-order valence-corrected chi connectivity index (χ1v) is 2.91. The minimum absolute atomic E-state index is 0.118. The number of hydrogen-bond acceptors (Lipinski definition) is 6. The zero-order valence-corrected chi connectivity index (χ0v) is 5.92. The van der Waals surface area contributed by atoms with Crippen LogP contribution in [0, 0.1) is 9.68 Å². The number of nitrogens with zero attached hydrogens (tertiary/aromatic N) is 2. The average molecular weight is 173 g/mol. The highest BCUT2D eigenvalue weighted by Crippen LogP contribution is 2.30. The SMILES string of the molecule is O=Nc1c(O)nc(=S)[nH]c1O. The molecule has 0 atom stereocenters. The molecule has 11 heavy (non-hydrogen) atoms. The van der Waals surface area contributed by atoms with E-state index in [1.165, 1.54) is 0 Å². The highest BCUT2D eigenvalue weighted by Gasteiger charge is 2.09. The monoisotopic (exact) mass is 173 g/mol. The Balaban J connectivity index is 3.48. The van der Waals surface area contributed by atoms with Crippen LogP contribution in [0.4, 0.5) is 5.69 Å². The molecule has 0 aliphatic carbocycles. The van der Waals surface area contributed by atoms with Crippen LogP contribution < -0.4 is 0 Å². The molecule has 6 nitrogen and oxygen atoms in total. The summed E-state index contributed by atoms with van der Waals surface area (Å²) in [5.74, 6) is -1.27. The van der Waals surface area contributed by atoms with Crippen LogP contribution in [-0.4, -0.2) is 20.2 Å². The standard InChI is InChI=1S/C4H3N3O3S/c8-2-1(7-10)3(9)6-4(11)5-2/h(H3,5,6,8,9,11). The molecule has 3 N–H and O–H groups in total.